The van der Waals surface area contributed by atoms with E-state index in [9.17, 15) is 0 Å². The minimum absolute atomic E-state index is 0.279. The van der Waals surface area contributed by atoms with Crippen molar-refractivity contribution in [2.75, 3.05) is 13.1 Å². The zero-order valence-corrected chi connectivity index (χ0v) is 15.5. The van der Waals surface area contributed by atoms with Crippen LogP contribution in [0.1, 0.15) is 52.0 Å². The number of hydrogen-bond donors (Lipinski definition) is 1. The standard InChI is InChI=1S/C17H25BBrNO2/c1-16(2)17(3,4)22-18(21-16)13-5-6-15(19)14(11-13)12-7-9-20-10-8-12/h5-6,11-12,20H,7-10H2,1-4H3. The Morgan fingerprint density at radius 2 is 1.68 bits per heavy atom. The van der Waals surface area contributed by atoms with Gasteiger partial charge in [0.15, 0.2) is 0 Å². The Kier molecular flexibility index (Phi) is 4.45. The minimum Gasteiger partial charge on any atom is -0.399 e. The molecule has 3 nitrogen and oxygen atoms in total. The van der Waals surface area contributed by atoms with Crippen LogP contribution >= 0.6 is 15.9 Å². The van der Waals surface area contributed by atoms with Crippen LogP contribution in [0.4, 0.5) is 0 Å². The lowest BCUT2D eigenvalue weighted by molar-refractivity contribution is 0.00578. The first kappa shape index (κ1) is 16.5. The third-order valence-electron chi connectivity index (χ3n) is 5.32. The first-order valence-corrected chi connectivity index (χ1v) is 8.95. The smallest absolute Gasteiger partial charge is 0.399 e. The summed E-state index contributed by atoms with van der Waals surface area (Å²) in [6.07, 6.45) is 2.37. The van der Waals surface area contributed by atoms with E-state index in [0.717, 1.165) is 18.6 Å². The lowest BCUT2D eigenvalue weighted by atomic mass is 9.76. The second kappa shape index (κ2) is 5.93. The topological polar surface area (TPSA) is 30.5 Å². The molecule has 3 rings (SSSR count). The number of piperidine rings is 1. The number of hydrogen-bond acceptors (Lipinski definition) is 3. The fourth-order valence-electron chi connectivity index (χ4n) is 3.13. The van der Waals surface area contributed by atoms with Gasteiger partial charge >= 0.3 is 7.12 Å². The van der Waals surface area contributed by atoms with Crippen molar-refractivity contribution >= 4 is 28.5 Å². The van der Waals surface area contributed by atoms with Crippen molar-refractivity contribution in [2.24, 2.45) is 0 Å². The summed E-state index contributed by atoms with van der Waals surface area (Å²) < 4.78 is 13.6. The first-order valence-electron chi connectivity index (χ1n) is 8.16. The van der Waals surface area contributed by atoms with Crippen LogP contribution in [0.25, 0.3) is 0 Å². The molecule has 0 amide bonds. The molecule has 5 heteroatoms. The zero-order valence-electron chi connectivity index (χ0n) is 13.9. The quantitative estimate of drug-likeness (QED) is 0.816. The third kappa shape index (κ3) is 3.01. The van der Waals surface area contributed by atoms with E-state index < -0.39 is 0 Å². The van der Waals surface area contributed by atoms with Gasteiger partial charge in [-0.3, -0.25) is 0 Å². The van der Waals surface area contributed by atoms with Gasteiger partial charge in [0.1, 0.15) is 0 Å². The number of benzene rings is 1. The molecule has 2 aliphatic heterocycles. The van der Waals surface area contributed by atoms with Crippen molar-refractivity contribution < 1.29 is 9.31 Å². The van der Waals surface area contributed by atoms with Crippen molar-refractivity contribution in [3.63, 3.8) is 0 Å². The summed E-state index contributed by atoms with van der Waals surface area (Å²) in [6, 6.07) is 6.51. The summed E-state index contributed by atoms with van der Waals surface area (Å²) in [7, 11) is -0.279. The highest BCUT2D eigenvalue weighted by Gasteiger charge is 2.51. The van der Waals surface area contributed by atoms with Gasteiger partial charge in [-0.1, -0.05) is 28.1 Å². The molecule has 0 atom stereocenters. The molecule has 2 saturated heterocycles. The fraction of sp³-hybridized carbons (Fsp3) is 0.647. The van der Waals surface area contributed by atoms with Gasteiger partial charge in [-0.05, 0) is 76.6 Å². The molecule has 1 aromatic rings. The lowest BCUT2D eigenvalue weighted by Gasteiger charge is -2.32. The highest BCUT2D eigenvalue weighted by molar-refractivity contribution is 9.10. The van der Waals surface area contributed by atoms with Gasteiger partial charge in [0.2, 0.25) is 0 Å². The minimum atomic E-state index is -0.292. The molecule has 0 spiro atoms. The Morgan fingerprint density at radius 3 is 2.27 bits per heavy atom. The Hall–Kier alpha value is -0.355. The molecule has 0 aliphatic carbocycles. The number of nitrogens with one attached hydrogen (secondary N) is 1. The average molecular weight is 366 g/mol. The summed E-state index contributed by atoms with van der Waals surface area (Å²) in [5.41, 5.74) is 1.92. The highest BCUT2D eigenvalue weighted by atomic mass is 79.9. The van der Waals surface area contributed by atoms with Crippen molar-refractivity contribution in [2.45, 2.75) is 57.7 Å². The molecular weight excluding hydrogens is 341 g/mol. The molecule has 0 aromatic heterocycles. The number of rotatable bonds is 2. The van der Waals surface area contributed by atoms with E-state index in [1.807, 2.05) is 0 Å². The second-order valence-electron chi connectivity index (χ2n) is 7.39. The summed E-state index contributed by atoms with van der Waals surface area (Å²) in [4.78, 5) is 0. The second-order valence-corrected chi connectivity index (χ2v) is 8.25. The van der Waals surface area contributed by atoms with Crippen LogP contribution in [0.3, 0.4) is 0 Å². The molecule has 0 bridgehead atoms. The summed E-state index contributed by atoms with van der Waals surface area (Å²) in [6.45, 7) is 10.6. The van der Waals surface area contributed by atoms with E-state index in [2.05, 4.69) is 67.1 Å². The van der Waals surface area contributed by atoms with E-state index in [0.29, 0.717) is 5.92 Å². The summed E-state index contributed by atoms with van der Waals surface area (Å²) in [5.74, 6) is 0.609. The van der Waals surface area contributed by atoms with E-state index >= 15 is 0 Å². The van der Waals surface area contributed by atoms with Gasteiger partial charge in [-0.25, -0.2) is 0 Å². The van der Waals surface area contributed by atoms with Gasteiger partial charge in [-0.2, -0.15) is 0 Å². The lowest BCUT2D eigenvalue weighted by Crippen LogP contribution is -2.41. The average Bonchev–Trinajstić information content (AvgIpc) is 2.69. The normalized spacial score (nSPS) is 24.7. The van der Waals surface area contributed by atoms with Crippen molar-refractivity contribution in [3.05, 3.63) is 28.2 Å². The van der Waals surface area contributed by atoms with E-state index in [1.54, 1.807) is 0 Å². The molecule has 120 valence electrons. The maximum Gasteiger partial charge on any atom is 0.494 e. The first-order chi connectivity index (χ1) is 10.3. The van der Waals surface area contributed by atoms with E-state index in [4.69, 9.17) is 9.31 Å². The van der Waals surface area contributed by atoms with Crippen LogP contribution in [0, 0.1) is 0 Å². The van der Waals surface area contributed by atoms with Crippen LogP contribution < -0.4 is 10.8 Å². The molecule has 2 fully saturated rings. The van der Waals surface area contributed by atoms with E-state index in [-0.39, 0.29) is 18.3 Å². The predicted octanol–water partition coefficient (Wildman–Crippen LogP) is 3.22. The SMILES string of the molecule is CC1(C)OB(c2ccc(Br)c(C3CCNCC3)c2)OC1(C)C. The van der Waals surface area contributed by atoms with Gasteiger partial charge in [-0.15, -0.1) is 0 Å². The molecule has 2 aliphatic rings. The van der Waals surface area contributed by atoms with Crippen LogP contribution in [0.15, 0.2) is 22.7 Å². The van der Waals surface area contributed by atoms with Crippen LogP contribution in [0.5, 0.6) is 0 Å². The highest BCUT2D eigenvalue weighted by Crippen LogP contribution is 2.37. The molecule has 1 aromatic carbocycles. The Bertz CT molecular complexity index is 540. The zero-order chi connectivity index (χ0) is 16.0. The van der Waals surface area contributed by atoms with Gasteiger partial charge in [0, 0.05) is 4.47 Å². The fourth-order valence-corrected chi connectivity index (χ4v) is 3.70. The molecular formula is C17H25BBrNO2. The molecule has 2 heterocycles. The Morgan fingerprint density at radius 1 is 1.09 bits per heavy atom. The van der Waals surface area contributed by atoms with Crippen molar-refractivity contribution in [3.8, 4) is 0 Å². The van der Waals surface area contributed by atoms with Gasteiger partial charge in [0.05, 0.1) is 11.2 Å². The predicted molar refractivity (Wildman–Crippen MR) is 94.7 cm³/mol. The monoisotopic (exact) mass is 365 g/mol. The largest absolute Gasteiger partial charge is 0.494 e. The van der Waals surface area contributed by atoms with Crippen LogP contribution in [-0.4, -0.2) is 31.4 Å². The molecule has 0 radical (unpaired) electrons. The molecule has 22 heavy (non-hydrogen) atoms. The van der Waals surface area contributed by atoms with Gasteiger partial charge < -0.3 is 14.6 Å². The van der Waals surface area contributed by atoms with Crippen LogP contribution in [0.2, 0.25) is 0 Å². The third-order valence-corrected chi connectivity index (χ3v) is 6.05. The Labute approximate surface area is 142 Å². The molecule has 1 N–H and O–H groups in total. The van der Waals surface area contributed by atoms with Crippen LogP contribution in [-0.2, 0) is 9.31 Å². The summed E-state index contributed by atoms with van der Waals surface area (Å²) in [5, 5.41) is 3.43. The maximum absolute atomic E-state index is 6.18. The van der Waals surface area contributed by atoms with Crippen molar-refractivity contribution in [1.29, 1.82) is 0 Å². The summed E-state index contributed by atoms with van der Waals surface area (Å²) >= 11 is 3.72. The van der Waals surface area contributed by atoms with E-state index in [1.165, 1.54) is 22.9 Å². The maximum atomic E-state index is 6.18. The van der Waals surface area contributed by atoms with Gasteiger partial charge in [0.25, 0.3) is 0 Å². The van der Waals surface area contributed by atoms with Crippen molar-refractivity contribution in [1.82, 2.24) is 5.32 Å². The molecule has 0 unspecified atom stereocenters. The Balaban J connectivity index is 1.87. The number of halogens is 1. The molecule has 0 saturated carbocycles.